The number of aryl methyl sites for hydroxylation is 1. The number of carbonyl (C=O) groups is 1. The van der Waals surface area contributed by atoms with Gasteiger partial charge < -0.3 is 20.5 Å². The zero-order valence-corrected chi connectivity index (χ0v) is 18.1. The average Bonchev–Trinajstić information content (AvgIpc) is 3.33. The summed E-state index contributed by atoms with van der Waals surface area (Å²) in [6, 6.07) is 14.0. The Labute approximate surface area is 186 Å². The monoisotopic (exact) mass is 427 g/mol. The molecule has 3 aromatic heterocycles. The van der Waals surface area contributed by atoms with Gasteiger partial charge in [-0.1, -0.05) is 12.1 Å². The van der Waals surface area contributed by atoms with E-state index >= 15 is 0 Å². The topological polar surface area (TPSA) is 98.8 Å². The van der Waals surface area contributed by atoms with E-state index in [9.17, 15) is 4.79 Å². The van der Waals surface area contributed by atoms with E-state index < -0.39 is 0 Å². The molecule has 0 unspecified atom stereocenters. The number of H-pyrrole nitrogens is 1. The van der Waals surface area contributed by atoms with Crippen molar-refractivity contribution in [1.82, 2.24) is 30.6 Å². The number of pyridine rings is 2. The number of benzene rings is 1. The Bertz CT molecular complexity index is 1280. The predicted molar refractivity (Wildman–Crippen MR) is 125 cm³/mol. The van der Waals surface area contributed by atoms with Crippen molar-refractivity contribution in [1.29, 1.82) is 0 Å². The Hall–Kier alpha value is -3.78. The van der Waals surface area contributed by atoms with Gasteiger partial charge in [0.15, 0.2) is 0 Å². The van der Waals surface area contributed by atoms with Gasteiger partial charge in [-0.25, -0.2) is 4.98 Å². The van der Waals surface area contributed by atoms with Crippen molar-refractivity contribution in [3.63, 3.8) is 0 Å². The third kappa shape index (κ3) is 3.80. The van der Waals surface area contributed by atoms with E-state index in [0.29, 0.717) is 6.54 Å². The van der Waals surface area contributed by atoms with Crippen LogP contribution in [0.15, 0.2) is 55.0 Å². The van der Waals surface area contributed by atoms with E-state index in [2.05, 4.69) is 47.6 Å². The standard InChI is InChI=1S/C24H25N7O/c1-15-4-3-5-20(30-15)23-22(28-14-29-23)16-6-7-19-17(10-16)11-18(12-27-19)31-9-8-26-21(13-31)24(32)25-2/h3-7,10-12,14,21,26H,8-9,13H2,1-2H3,(H,25,32)(H,28,29)/t21-/m1/s1. The molecule has 1 fully saturated rings. The fourth-order valence-electron chi connectivity index (χ4n) is 4.17. The maximum atomic E-state index is 12.1. The SMILES string of the molecule is CNC(=O)[C@H]1CN(c2cnc3ccc(-c4nc[nH]c4-c4cccc(C)n4)cc3c2)CCN1. The normalized spacial score (nSPS) is 16.3. The Morgan fingerprint density at radius 2 is 2.09 bits per heavy atom. The van der Waals surface area contributed by atoms with Crippen molar-refractivity contribution in [3.8, 4) is 22.6 Å². The Kier molecular flexibility index (Phi) is 5.28. The first-order chi connectivity index (χ1) is 15.6. The summed E-state index contributed by atoms with van der Waals surface area (Å²) in [5.74, 6) is 0.00144. The molecule has 8 nitrogen and oxygen atoms in total. The molecule has 1 aliphatic heterocycles. The highest BCUT2D eigenvalue weighted by molar-refractivity contribution is 5.89. The first kappa shape index (κ1) is 20.1. The lowest BCUT2D eigenvalue weighted by atomic mass is 10.0. The number of likely N-dealkylation sites (N-methyl/N-ethyl adjacent to an activating group) is 1. The van der Waals surface area contributed by atoms with Crippen LogP contribution in [0.5, 0.6) is 0 Å². The summed E-state index contributed by atoms with van der Waals surface area (Å²) in [4.78, 5) is 31.4. The lowest BCUT2D eigenvalue weighted by Crippen LogP contribution is -2.56. The third-order valence-corrected chi connectivity index (χ3v) is 5.83. The minimum atomic E-state index is -0.232. The van der Waals surface area contributed by atoms with Crippen molar-refractivity contribution < 1.29 is 4.79 Å². The van der Waals surface area contributed by atoms with Crippen LogP contribution in [0.25, 0.3) is 33.5 Å². The first-order valence-electron chi connectivity index (χ1n) is 10.7. The zero-order chi connectivity index (χ0) is 22.1. The molecular weight excluding hydrogens is 402 g/mol. The van der Waals surface area contributed by atoms with Gasteiger partial charge in [0.2, 0.25) is 5.91 Å². The molecule has 0 radical (unpaired) electrons. The van der Waals surface area contributed by atoms with E-state index in [-0.39, 0.29) is 11.9 Å². The minimum absolute atomic E-state index is 0.00144. The highest BCUT2D eigenvalue weighted by Crippen LogP contribution is 2.31. The molecule has 1 aromatic carbocycles. The zero-order valence-electron chi connectivity index (χ0n) is 18.1. The number of hydrogen-bond donors (Lipinski definition) is 3. The van der Waals surface area contributed by atoms with Gasteiger partial charge >= 0.3 is 0 Å². The van der Waals surface area contributed by atoms with E-state index in [0.717, 1.165) is 58.0 Å². The van der Waals surface area contributed by atoms with Crippen LogP contribution in [-0.4, -0.2) is 58.6 Å². The van der Waals surface area contributed by atoms with Gasteiger partial charge in [0.25, 0.3) is 0 Å². The lowest BCUT2D eigenvalue weighted by Gasteiger charge is -2.34. The first-order valence-corrected chi connectivity index (χ1v) is 10.7. The predicted octanol–water partition coefficient (Wildman–Crippen LogP) is 2.52. The summed E-state index contributed by atoms with van der Waals surface area (Å²) in [5.41, 5.74) is 6.51. The molecule has 0 aliphatic carbocycles. The van der Waals surface area contributed by atoms with Gasteiger partial charge in [-0.05, 0) is 37.3 Å². The lowest BCUT2D eigenvalue weighted by molar-refractivity contribution is -0.122. The Morgan fingerprint density at radius 3 is 2.94 bits per heavy atom. The van der Waals surface area contributed by atoms with Crippen LogP contribution in [0.4, 0.5) is 5.69 Å². The van der Waals surface area contributed by atoms with Crippen LogP contribution in [0.3, 0.4) is 0 Å². The maximum Gasteiger partial charge on any atom is 0.238 e. The largest absolute Gasteiger partial charge is 0.367 e. The quantitative estimate of drug-likeness (QED) is 0.463. The van der Waals surface area contributed by atoms with Crippen molar-refractivity contribution in [3.05, 3.63) is 60.7 Å². The van der Waals surface area contributed by atoms with E-state index in [1.54, 1.807) is 13.4 Å². The fourth-order valence-corrected chi connectivity index (χ4v) is 4.17. The Morgan fingerprint density at radius 1 is 1.19 bits per heavy atom. The molecule has 4 heterocycles. The van der Waals surface area contributed by atoms with E-state index in [1.807, 2.05) is 43.5 Å². The fraction of sp³-hybridized carbons (Fsp3) is 0.250. The number of fused-ring (bicyclic) bond motifs is 1. The summed E-state index contributed by atoms with van der Waals surface area (Å²) in [7, 11) is 1.66. The molecule has 1 amide bonds. The number of nitrogens with one attached hydrogen (secondary N) is 3. The number of carbonyl (C=O) groups excluding carboxylic acids is 1. The number of hydrogen-bond acceptors (Lipinski definition) is 6. The molecular formula is C24H25N7O. The van der Waals surface area contributed by atoms with Gasteiger partial charge in [0, 0.05) is 43.3 Å². The molecule has 8 heteroatoms. The van der Waals surface area contributed by atoms with Crippen LogP contribution in [-0.2, 0) is 4.79 Å². The average molecular weight is 428 g/mol. The van der Waals surface area contributed by atoms with Gasteiger partial charge in [-0.2, -0.15) is 0 Å². The smallest absolute Gasteiger partial charge is 0.238 e. The van der Waals surface area contributed by atoms with Crippen molar-refractivity contribution in [2.24, 2.45) is 0 Å². The van der Waals surface area contributed by atoms with Crippen molar-refractivity contribution >= 4 is 22.5 Å². The molecule has 0 bridgehead atoms. The molecule has 162 valence electrons. The summed E-state index contributed by atoms with van der Waals surface area (Å²) in [6.07, 6.45) is 3.58. The van der Waals surface area contributed by atoms with E-state index in [4.69, 9.17) is 0 Å². The molecule has 32 heavy (non-hydrogen) atoms. The Balaban J connectivity index is 1.49. The maximum absolute atomic E-state index is 12.1. The second-order valence-corrected chi connectivity index (χ2v) is 7.96. The number of amides is 1. The van der Waals surface area contributed by atoms with Crippen LogP contribution in [0.1, 0.15) is 5.69 Å². The third-order valence-electron chi connectivity index (χ3n) is 5.83. The molecule has 3 N–H and O–H groups in total. The van der Waals surface area contributed by atoms with Crippen LogP contribution in [0.2, 0.25) is 0 Å². The van der Waals surface area contributed by atoms with Gasteiger partial charge in [-0.15, -0.1) is 0 Å². The molecule has 1 aliphatic rings. The van der Waals surface area contributed by atoms with Crippen LogP contribution >= 0.6 is 0 Å². The molecule has 1 atom stereocenters. The number of piperazine rings is 1. The number of aromatic nitrogens is 4. The summed E-state index contributed by atoms with van der Waals surface area (Å²) < 4.78 is 0. The highest BCUT2D eigenvalue weighted by Gasteiger charge is 2.25. The molecule has 0 spiro atoms. The molecule has 1 saturated heterocycles. The summed E-state index contributed by atoms with van der Waals surface area (Å²) >= 11 is 0. The molecule has 0 saturated carbocycles. The number of aromatic amines is 1. The number of anilines is 1. The van der Waals surface area contributed by atoms with Gasteiger partial charge in [0.1, 0.15) is 6.04 Å². The number of nitrogens with zero attached hydrogens (tertiary/aromatic N) is 4. The number of imidazole rings is 1. The van der Waals surface area contributed by atoms with Gasteiger partial charge in [-0.3, -0.25) is 14.8 Å². The van der Waals surface area contributed by atoms with Crippen molar-refractivity contribution in [2.45, 2.75) is 13.0 Å². The van der Waals surface area contributed by atoms with Crippen LogP contribution in [0, 0.1) is 6.92 Å². The minimum Gasteiger partial charge on any atom is -0.367 e. The second kappa shape index (κ2) is 8.39. The second-order valence-electron chi connectivity index (χ2n) is 7.96. The number of rotatable bonds is 4. The van der Waals surface area contributed by atoms with Gasteiger partial charge in [0.05, 0.1) is 40.8 Å². The van der Waals surface area contributed by atoms with Crippen molar-refractivity contribution in [2.75, 3.05) is 31.6 Å². The van der Waals surface area contributed by atoms with E-state index in [1.165, 1.54) is 0 Å². The molecule has 5 rings (SSSR count). The highest BCUT2D eigenvalue weighted by atomic mass is 16.2. The summed E-state index contributed by atoms with van der Waals surface area (Å²) in [5, 5.41) is 7.02. The molecule has 4 aromatic rings. The van der Waals surface area contributed by atoms with Crippen LogP contribution < -0.4 is 15.5 Å². The summed E-state index contributed by atoms with van der Waals surface area (Å²) in [6.45, 7) is 4.15.